The van der Waals surface area contributed by atoms with Crippen molar-refractivity contribution in [3.05, 3.63) is 35.9 Å². The molecule has 1 nitrogen and oxygen atoms in total. The zero-order valence-corrected chi connectivity index (χ0v) is 9.11. The van der Waals surface area contributed by atoms with Crippen LogP contribution in [-0.4, -0.2) is 9.71 Å². The maximum atomic E-state index is 11.6. The molecule has 0 aliphatic carbocycles. The van der Waals surface area contributed by atoms with Gasteiger partial charge in [0.05, 0.1) is 3.92 Å². The van der Waals surface area contributed by atoms with Crippen LogP contribution < -0.4 is 0 Å². The Bertz CT molecular complexity index is 256. The van der Waals surface area contributed by atoms with Crippen LogP contribution in [0.3, 0.4) is 0 Å². The van der Waals surface area contributed by atoms with E-state index >= 15 is 0 Å². The second-order valence-electron chi connectivity index (χ2n) is 2.61. The first-order chi connectivity index (χ1) is 5.75. The summed E-state index contributed by atoms with van der Waals surface area (Å²) in [5, 5.41) is 0. The second kappa shape index (κ2) is 4.60. The molecule has 0 saturated heterocycles. The Morgan fingerprint density at radius 3 is 2.50 bits per heavy atom. The molecule has 0 amide bonds. The molecule has 0 heterocycles. The van der Waals surface area contributed by atoms with Gasteiger partial charge < -0.3 is 0 Å². The number of carbonyl (C=O) groups is 1. The van der Waals surface area contributed by atoms with Gasteiger partial charge in [0.1, 0.15) is 0 Å². The smallest absolute Gasteiger partial charge is 0.175 e. The van der Waals surface area contributed by atoms with Crippen LogP contribution in [0.15, 0.2) is 30.3 Å². The van der Waals surface area contributed by atoms with E-state index in [4.69, 9.17) is 0 Å². The van der Waals surface area contributed by atoms with Gasteiger partial charge in [-0.15, -0.1) is 0 Å². The summed E-state index contributed by atoms with van der Waals surface area (Å²) >= 11 is 2.19. The average Bonchev–Trinajstić information content (AvgIpc) is 2.17. The van der Waals surface area contributed by atoms with Crippen LogP contribution in [0.4, 0.5) is 0 Å². The lowest BCUT2D eigenvalue weighted by Crippen LogP contribution is -2.12. The Morgan fingerprint density at radius 1 is 1.42 bits per heavy atom. The lowest BCUT2D eigenvalue weighted by Gasteiger charge is -2.04. The summed E-state index contributed by atoms with van der Waals surface area (Å²) in [5.74, 6) is 0.235. The first kappa shape index (κ1) is 9.71. The van der Waals surface area contributed by atoms with Gasteiger partial charge in [0.25, 0.3) is 0 Å². The number of hydrogen-bond acceptors (Lipinski definition) is 1. The first-order valence-corrected chi connectivity index (χ1v) is 5.23. The van der Waals surface area contributed by atoms with Crippen molar-refractivity contribution in [2.75, 3.05) is 0 Å². The Morgan fingerprint density at radius 2 is 2.00 bits per heavy atom. The maximum Gasteiger partial charge on any atom is 0.175 e. The molecule has 2 heteroatoms. The number of rotatable bonds is 3. The Kier molecular flexibility index (Phi) is 3.72. The first-order valence-electron chi connectivity index (χ1n) is 3.99. The van der Waals surface area contributed by atoms with Crippen LogP contribution in [0.5, 0.6) is 0 Å². The minimum atomic E-state index is 0.116. The van der Waals surface area contributed by atoms with Crippen molar-refractivity contribution in [3.63, 3.8) is 0 Å². The summed E-state index contributed by atoms with van der Waals surface area (Å²) in [6.45, 7) is 2.03. The highest BCUT2D eigenvalue weighted by atomic mass is 127. The van der Waals surface area contributed by atoms with Gasteiger partial charge in [-0.3, -0.25) is 4.79 Å². The quantitative estimate of drug-likeness (QED) is 0.470. The molecule has 0 aliphatic heterocycles. The molecule has 64 valence electrons. The van der Waals surface area contributed by atoms with Crippen LogP contribution in [-0.2, 0) is 0 Å². The highest BCUT2D eigenvalue weighted by molar-refractivity contribution is 14.1. The summed E-state index contributed by atoms with van der Waals surface area (Å²) < 4.78 is 0.116. The van der Waals surface area contributed by atoms with Crippen molar-refractivity contribution >= 4 is 28.4 Å². The van der Waals surface area contributed by atoms with E-state index in [0.29, 0.717) is 0 Å². The molecule has 0 unspecified atom stereocenters. The van der Waals surface area contributed by atoms with Gasteiger partial charge in [0, 0.05) is 5.56 Å². The lowest BCUT2D eigenvalue weighted by atomic mass is 10.1. The Hall–Kier alpha value is -0.380. The summed E-state index contributed by atoms with van der Waals surface area (Å²) in [7, 11) is 0. The standard InChI is InChI=1S/C10H11IO/c1-2-9(11)10(12)8-6-4-3-5-7-8/h3-7,9H,2H2,1H3/t9-/m1/s1. The number of carbonyl (C=O) groups excluding carboxylic acids is 1. The number of alkyl halides is 1. The van der Waals surface area contributed by atoms with E-state index in [1.54, 1.807) is 0 Å². The van der Waals surface area contributed by atoms with E-state index in [9.17, 15) is 4.79 Å². The fourth-order valence-corrected chi connectivity index (χ4v) is 1.33. The number of halogens is 1. The van der Waals surface area contributed by atoms with Gasteiger partial charge in [-0.25, -0.2) is 0 Å². The highest BCUT2D eigenvalue weighted by Crippen LogP contribution is 2.13. The van der Waals surface area contributed by atoms with Crippen molar-refractivity contribution in [1.29, 1.82) is 0 Å². The normalized spacial score (nSPS) is 12.5. The maximum absolute atomic E-state index is 11.6. The molecule has 0 bridgehead atoms. The fourth-order valence-electron chi connectivity index (χ4n) is 0.969. The summed E-state index contributed by atoms with van der Waals surface area (Å²) in [5.41, 5.74) is 0.818. The molecule has 1 aromatic rings. The molecule has 0 fully saturated rings. The van der Waals surface area contributed by atoms with E-state index in [0.717, 1.165) is 12.0 Å². The molecule has 0 aliphatic rings. The molecule has 0 aromatic heterocycles. The van der Waals surface area contributed by atoms with E-state index in [2.05, 4.69) is 22.6 Å². The van der Waals surface area contributed by atoms with Crippen molar-refractivity contribution in [2.45, 2.75) is 17.3 Å². The SMILES string of the molecule is CC[C@@H](I)C(=O)c1ccccc1. The lowest BCUT2D eigenvalue weighted by molar-refractivity contribution is 0.0993. The van der Waals surface area contributed by atoms with Crippen LogP contribution in [0.1, 0.15) is 23.7 Å². The molecule has 0 saturated carbocycles. The molecule has 0 spiro atoms. The predicted octanol–water partition coefficient (Wildman–Crippen LogP) is 3.08. The van der Waals surface area contributed by atoms with E-state index < -0.39 is 0 Å². The van der Waals surface area contributed by atoms with Crippen LogP contribution >= 0.6 is 22.6 Å². The third kappa shape index (κ3) is 2.30. The van der Waals surface area contributed by atoms with Crippen LogP contribution in [0, 0.1) is 0 Å². The average molecular weight is 274 g/mol. The van der Waals surface area contributed by atoms with E-state index in [1.165, 1.54) is 0 Å². The number of benzene rings is 1. The molecular weight excluding hydrogens is 263 g/mol. The predicted molar refractivity (Wildman–Crippen MR) is 58.9 cm³/mol. The second-order valence-corrected chi connectivity index (χ2v) is 4.11. The summed E-state index contributed by atoms with van der Waals surface area (Å²) in [4.78, 5) is 11.6. The Balaban J connectivity index is 2.79. The number of Topliss-reactive ketones (excluding diaryl/α,β-unsaturated/α-hetero) is 1. The van der Waals surface area contributed by atoms with Crippen LogP contribution in [0.25, 0.3) is 0 Å². The molecular formula is C10H11IO. The van der Waals surface area contributed by atoms with Crippen molar-refractivity contribution in [2.24, 2.45) is 0 Å². The third-order valence-electron chi connectivity index (χ3n) is 1.70. The minimum absolute atomic E-state index is 0.116. The molecule has 1 atom stereocenters. The molecule has 12 heavy (non-hydrogen) atoms. The molecule has 0 N–H and O–H groups in total. The van der Waals surface area contributed by atoms with Crippen molar-refractivity contribution in [3.8, 4) is 0 Å². The summed E-state index contributed by atoms with van der Waals surface area (Å²) in [6.07, 6.45) is 0.897. The van der Waals surface area contributed by atoms with Gasteiger partial charge in [-0.2, -0.15) is 0 Å². The van der Waals surface area contributed by atoms with Crippen molar-refractivity contribution < 1.29 is 4.79 Å². The van der Waals surface area contributed by atoms with E-state index in [1.807, 2.05) is 37.3 Å². The van der Waals surface area contributed by atoms with Crippen LogP contribution in [0.2, 0.25) is 0 Å². The van der Waals surface area contributed by atoms with Gasteiger partial charge >= 0.3 is 0 Å². The fraction of sp³-hybridized carbons (Fsp3) is 0.300. The zero-order valence-electron chi connectivity index (χ0n) is 6.96. The monoisotopic (exact) mass is 274 g/mol. The van der Waals surface area contributed by atoms with E-state index in [-0.39, 0.29) is 9.71 Å². The molecule has 1 aromatic carbocycles. The Labute approximate surface area is 86.3 Å². The van der Waals surface area contributed by atoms with Gasteiger partial charge in [0.15, 0.2) is 5.78 Å². The number of ketones is 1. The summed E-state index contributed by atoms with van der Waals surface area (Å²) in [6, 6.07) is 9.44. The zero-order chi connectivity index (χ0) is 8.97. The number of hydrogen-bond donors (Lipinski definition) is 0. The largest absolute Gasteiger partial charge is 0.293 e. The molecule has 0 radical (unpaired) electrons. The van der Waals surface area contributed by atoms with Crippen molar-refractivity contribution in [1.82, 2.24) is 0 Å². The minimum Gasteiger partial charge on any atom is -0.293 e. The molecule has 1 rings (SSSR count). The highest BCUT2D eigenvalue weighted by Gasteiger charge is 2.13. The topological polar surface area (TPSA) is 17.1 Å². The van der Waals surface area contributed by atoms with Gasteiger partial charge in [-0.1, -0.05) is 59.8 Å². The van der Waals surface area contributed by atoms with Gasteiger partial charge in [-0.05, 0) is 6.42 Å². The van der Waals surface area contributed by atoms with Gasteiger partial charge in [0.2, 0.25) is 0 Å². The third-order valence-corrected chi connectivity index (χ3v) is 3.15.